The molecule has 1 aliphatic rings. The SMILES string of the molecule is Cc1[nH]c(=O)[nH]c(=O)c1CCC(=O)N1CCC(Cn2c(COc3ccccc3)nc3ccccc32)CC1. The van der Waals surface area contributed by atoms with Gasteiger partial charge >= 0.3 is 5.69 Å². The highest BCUT2D eigenvalue weighted by Crippen LogP contribution is 2.25. The third kappa shape index (κ3) is 5.66. The Labute approximate surface area is 214 Å². The van der Waals surface area contributed by atoms with Crippen LogP contribution in [0, 0.1) is 12.8 Å². The average Bonchev–Trinajstić information content (AvgIpc) is 3.25. The number of aromatic amines is 2. The molecule has 3 heterocycles. The molecule has 4 aromatic rings. The summed E-state index contributed by atoms with van der Waals surface area (Å²) in [6, 6.07) is 17.9. The number of ether oxygens (including phenoxy) is 1. The summed E-state index contributed by atoms with van der Waals surface area (Å²) in [7, 11) is 0. The first-order chi connectivity index (χ1) is 18.0. The lowest BCUT2D eigenvalue weighted by Gasteiger charge is -2.32. The quantitative estimate of drug-likeness (QED) is 0.385. The monoisotopic (exact) mass is 501 g/mol. The van der Waals surface area contributed by atoms with Gasteiger partial charge in [-0.3, -0.25) is 14.6 Å². The molecule has 0 atom stereocenters. The lowest BCUT2D eigenvalue weighted by molar-refractivity contribution is -0.132. The van der Waals surface area contributed by atoms with E-state index in [1.807, 2.05) is 53.4 Å². The molecule has 0 saturated carbocycles. The fraction of sp³-hybridized carbons (Fsp3) is 0.357. The molecule has 2 N–H and O–H groups in total. The Bertz CT molecular complexity index is 1500. The number of carbonyl (C=O) groups is 1. The predicted molar refractivity (Wildman–Crippen MR) is 141 cm³/mol. The third-order valence-corrected chi connectivity index (χ3v) is 7.10. The molecule has 5 rings (SSSR count). The van der Waals surface area contributed by atoms with E-state index >= 15 is 0 Å². The second kappa shape index (κ2) is 10.9. The van der Waals surface area contributed by atoms with Crippen molar-refractivity contribution in [3.8, 4) is 5.75 Å². The molecule has 37 heavy (non-hydrogen) atoms. The standard InChI is InChI=1S/C28H31N5O4/c1-19-22(27(35)31-28(36)29-19)11-12-26(34)32-15-13-20(14-16-32)17-33-24-10-6-5-9-23(24)30-25(33)18-37-21-7-3-2-4-8-21/h2-10,20H,11-18H2,1H3,(H2,29,31,35,36). The zero-order valence-corrected chi connectivity index (χ0v) is 20.9. The van der Waals surface area contributed by atoms with Gasteiger partial charge in [0.05, 0.1) is 11.0 Å². The molecule has 0 aliphatic carbocycles. The summed E-state index contributed by atoms with van der Waals surface area (Å²) in [6.07, 6.45) is 2.35. The second-order valence-electron chi connectivity index (χ2n) is 9.57. The van der Waals surface area contributed by atoms with Gasteiger partial charge in [-0.2, -0.15) is 0 Å². The summed E-state index contributed by atoms with van der Waals surface area (Å²) in [5.74, 6) is 2.16. The number of imidazole rings is 1. The summed E-state index contributed by atoms with van der Waals surface area (Å²) >= 11 is 0. The molecule has 1 fully saturated rings. The smallest absolute Gasteiger partial charge is 0.325 e. The molecule has 0 unspecified atom stereocenters. The van der Waals surface area contributed by atoms with Crippen molar-refractivity contribution in [2.75, 3.05) is 13.1 Å². The van der Waals surface area contributed by atoms with Crippen LogP contribution in [0.15, 0.2) is 64.2 Å². The zero-order chi connectivity index (χ0) is 25.8. The molecule has 0 radical (unpaired) electrons. The van der Waals surface area contributed by atoms with Gasteiger partial charge in [0.25, 0.3) is 5.56 Å². The van der Waals surface area contributed by atoms with Crippen molar-refractivity contribution in [1.29, 1.82) is 0 Å². The highest BCUT2D eigenvalue weighted by atomic mass is 16.5. The van der Waals surface area contributed by atoms with Crippen molar-refractivity contribution in [3.05, 3.63) is 92.5 Å². The Hall–Kier alpha value is -4.14. The molecular formula is C28H31N5O4. The number of likely N-dealkylation sites (tertiary alicyclic amines) is 1. The second-order valence-corrected chi connectivity index (χ2v) is 9.57. The maximum Gasteiger partial charge on any atom is 0.325 e. The Morgan fingerprint density at radius 2 is 1.76 bits per heavy atom. The minimum absolute atomic E-state index is 0.0356. The number of hydrogen-bond donors (Lipinski definition) is 2. The number of nitrogens with zero attached hydrogens (tertiary/aromatic N) is 3. The molecular weight excluding hydrogens is 470 g/mol. The first kappa shape index (κ1) is 24.5. The van der Waals surface area contributed by atoms with Crippen LogP contribution in [0.1, 0.15) is 36.3 Å². The van der Waals surface area contributed by atoms with E-state index in [9.17, 15) is 14.4 Å². The Kier molecular flexibility index (Phi) is 7.20. The molecule has 9 nitrogen and oxygen atoms in total. The molecule has 2 aromatic heterocycles. The van der Waals surface area contributed by atoms with E-state index in [-0.39, 0.29) is 12.3 Å². The predicted octanol–water partition coefficient (Wildman–Crippen LogP) is 3.17. The van der Waals surface area contributed by atoms with Gasteiger partial charge in [0.1, 0.15) is 18.2 Å². The maximum absolute atomic E-state index is 12.8. The lowest BCUT2D eigenvalue weighted by Crippen LogP contribution is -2.39. The largest absolute Gasteiger partial charge is 0.486 e. The van der Waals surface area contributed by atoms with Gasteiger partial charge in [-0.15, -0.1) is 0 Å². The van der Waals surface area contributed by atoms with Crippen molar-refractivity contribution in [2.45, 2.75) is 45.8 Å². The number of fused-ring (bicyclic) bond motifs is 1. The topological polar surface area (TPSA) is 113 Å². The number of nitrogens with one attached hydrogen (secondary N) is 2. The number of H-pyrrole nitrogens is 2. The fourth-order valence-corrected chi connectivity index (χ4v) is 5.04. The van der Waals surface area contributed by atoms with E-state index in [0.717, 1.165) is 42.0 Å². The van der Waals surface area contributed by atoms with Crippen LogP contribution in [-0.4, -0.2) is 43.4 Å². The normalized spacial score (nSPS) is 14.2. The van der Waals surface area contributed by atoms with Gasteiger partial charge < -0.3 is 19.2 Å². The van der Waals surface area contributed by atoms with Crippen LogP contribution in [0.3, 0.4) is 0 Å². The van der Waals surface area contributed by atoms with Crippen molar-refractivity contribution in [2.24, 2.45) is 5.92 Å². The van der Waals surface area contributed by atoms with Gasteiger partial charge in [0, 0.05) is 37.3 Å². The van der Waals surface area contributed by atoms with Gasteiger partial charge in [-0.05, 0) is 56.4 Å². The molecule has 1 saturated heterocycles. The first-order valence-corrected chi connectivity index (χ1v) is 12.7. The number of aromatic nitrogens is 4. The first-order valence-electron chi connectivity index (χ1n) is 12.7. The minimum Gasteiger partial charge on any atom is -0.486 e. The maximum atomic E-state index is 12.8. The van der Waals surface area contributed by atoms with Crippen LogP contribution < -0.4 is 16.0 Å². The van der Waals surface area contributed by atoms with E-state index in [1.165, 1.54) is 0 Å². The van der Waals surface area contributed by atoms with Crippen LogP contribution in [0.4, 0.5) is 0 Å². The Morgan fingerprint density at radius 1 is 1.03 bits per heavy atom. The van der Waals surface area contributed by atoms with E-state index < -0.39 is 11.2 Å². The van der Waals surface area contributed by atoms with Crippen molar-refractivity contribution in [3.63, 3.8) is 0 Å². The number of carbonyl (C=O) groups excluding carboxylic acids is 1. The van der Waals surface area contributed by atoms with E-state index in [1.54, 1.807) is 6.92 Å². The highest BCUT2D eigenvalue weighted by molar-refractivity contribution is 5.77. The van der Waals surface area contributed by atoms with Crippen LogP contribution in [0.25, 0.3) is 11.0 Å². The molecule has 192 valence electrons. The highest BCUT2D eigenvalue weighted by Gasteiger charge is 2.25. The van der Waals surface area contributed by atoms with Gasteiger partial charge in [0.2, 0.25) is 5.91 Å². The fourth-order valence-electron chi connectivity index (χ4n) is 5.04. The van der Waals surface area contributed by atoms with Crippen molar-refractivity contribution >= 4 is 16.9 Å². The summed E-state index contributed by atoms with van der Waals surface area (Å²) in [5.41, 5.74) is 2.07. The van der Waals surface area contributed by atoms with Crippen molar-refractivity contribution < 1.29 is 9.53 Å². The van der Waals surface area contributed by atoms with Crippen LogP contribution >= 0.6 is 0 Å². The number of piperidine rings is 1. The molecule has 1 amide bonds. The van der Waals surface area contributed by atoms with E-state index in [0.29, 0.717) is 43.3 Å². The van der Waals surface area contributed by atoms with Gasteiger partial charge in [0.15, 0.2) is 0 Å². The number of para-hydroxylation sites is 3. The third-order valence-electron chi connectivity index (χ3n) is 7.10. The molecule has 0 bridgehead atoms. The van der Waals surface area contributed by atoms with Crippen LogP contribution in [0.2, 0.25) is 0 Å². The summed E-state index contributed by atoms with van der Waals surface area (Å²) in [4.78, 5) is 47.9. The molecule has 2 aromatic carbocycles. The number of amides is 1. The lowest BCUT2D eigenvalue weighted by atomic mass is 9.96. The Balaban J connectivity index is 1.20. The number of benzene rings is 2. The summed E-state index contributed by atoms with van der Waals surface area (Å²) in [6.45, 7) is 4.27. The molecule has 1 aliphatic heterocycles. The number of hydrogen-bond acceptors (Lipinski definition) is 5. The van der Waals surface area contributed by atoms with E-state index in [2.05, 4.69) is 20.6 Å². The molecule has 9 heteroatoms. The van der Waals surface area contributed by atoms with Crippen LogP contribution in [0.5, 0.6) is 5.75 Å². The van der Waals surface area contributed by atoms with E-state index in [4.69, 9.17) is 9.72 Å². The number of rotatable bonds is 8. The van der Waals surface area contributed by atoms with Gasteiger partial charge in [-0.1, -0.05) is 30.3 Å². The average molecular weight is 502 g/mol. The Morgan fingerprint density at radius 3 is 2.51 bits per heavy atom. The number of aryl methyl sites for hydroxylation is 1. The summed E-state index contributed by atoms with van der Waals surface area (Å²) < 4.78 is 8.26. The minimum atomic E-state index is -0.528. The van der Waals surface area contributed by atoms with Gasteiger partial charge in [-0.25, -0.2) is 9.78 Å². The van der Waals surface area contributed by atoms with Crippen LogP contribution in [-0.2, 0) is 24.4 Å². The van der Waals surface area contributed by atoms with Crippen molar-refractivity contribution in [1.82, 2.24) is 24.4 Å². The zero-order valence-electron chi connectivity index (χ0n) is 20.9. The molecule has 0 spiro atoms. The summed E-state index contributed by atoms with van der Waals surface area (Å²) in [5, 5.41) is 0.